The van der Waals surface area contributed by atoms with Crippen LogP contribution in [-0.4, -0.2) is 4.98 Å². The van der Waals surface area contributed by atoms with Gasteiger partial charge in [-0.15, -0.1) is 0 Å². The molecule has 2 rings (SSSR count). The Morgan fingerprint density at radius 1 is 1.04 bits per heavy atom. The van der Waals surface area contributed by atoms with Gasteiger partial charge in [-0.25, -0.2) is 0 Å². The Morgan fingerprint density at radius 3 is 2.43 bits per heavy atom. The van der Waals surface area contributed by atoms with Crippen LogP contribution in [0.15, 0.2) is 41.2 Å². The van der Waals surface area contributed by atoms with Gasteiger partial charge in [-0.1, -0.05) is 69.4 Å². The Kier molecular flexibility index (Phi) is 6.62. The maximum atomic E-state index is 12.3. The lowest BCUT2D eigenvalue weighted by Gasteiger charge is -2.07. The number of aryl methyl sites for hydroxylation is 1. The lowest BCUT2D eigenvalue weighted by Crippen LogP contribution is -2.14. The van der Waals surface area contributed by atoms with Crippen molar-refractivity contribution in [1.82, 2.24) is 4.98 Å². The van der Waals surface area contributed by atoms with Crippen molar-refractivity contribution in [3.63, 3.8) is 0 Å². The van der Waals surface area contributed by atoms with E-state index in [1.807, 2.05) is 30.3 Å². The third-order valence-electron chi connectivity index (χ3n) is 4.10. The van der Waals surface area contributed by atoms with Crippen LogP contribution in [0.3, 0.4) is 0 Å². The van der Waals surface area contributed by atoms with Gasteiger partial charge in [0.15, 0.2) is 0 Å². The molecule has 1 heterocycles. The number of nitrogens with one attached hydrogen (secondary N) is 1. The van der Waals surface area contributed by atoms with Gasteiger partial charge in [-0.2, -0.15) is 5.26 Å². The zero-order chi connectivity index (χ0) is 16.5. The van der Waals surface area contributed by atoms with E-state index in [2.05, 4.69) is 18.0 Å². The molecule has 3 heteroatoms. The normalized spacial score (nSPS) is 10.4. The Balaban J connectivity index is 2.09. The summed E-state index contributed by atoms with van der Waals surface area (Å²) in [5, 5.41) is 9.39. The molecular formula is C20H24N2O. The molecule has 0 fully saturated rings. The molecule has 0 radical (unpaired) electrons. The lowest BCUT2D eigenvalue weighted by molar-refractivity contribution is 0.606. The Labute approximate surface area is 138 Å². The van der Waals surface area contributed by atoms with E-state index in [1.165, 1.54) is 25.7 Å². The minimum atomic E-state index is -0.0728. The van der Waals surface area contributed by atoms with Crippen LogP contribution in [0.25, 0.3) is 11.3 Å². The number of hydrogen-bond acceptors (Lipinski definition) is 2. The summed E-state index contributed by atoms with van der Waals surface area (Å²) in [6.07, 6.45) is 7.90. The Morgan fingerprint density at radius 2 is 1.74 bits per heavy atom. The number of rotatable bonds is 8. The predicted octanol–water partition coefficient (Wildman–Crippen LogP) is 4.82. The molecule has 120 valence electrons. The van der Waals surface area contributed by atoms with E-state index < -0.39 is 0 Å². The van der Waals surface area contributed by atoms with Gasteiger partial charge < -0.3 is 4.98 Å². The van der Waals surface area contributed by atoms with Crippen LogP contribution in [0.4, 0.5) is 0 Å². The van der Waals surface area contributed by atoms with E-state index in [1.54, 1.807) is 6.07 Å². The first-order chi connectivity index (χ1) is 11.3. The smallest absolute Gasteiger partial charge is 0.251 e. The number of benzene rings is 1. The molecule has 0 aliphatic carbocycles. The van der Waals surface area contributed by atoms with Crippen molar-refractivity contribution < 1.29 is 0 Å². The van der Waals surface area contributed by atoms with Crippen molar-refractivity contribution in [2.45, 2.75) is 51.9 Å². The summed E-state index contributed by atoms with van der Waals surface area (Å²) in [5.41, 5.74) is 2.67. The van der Waals surface area contributed by atoms with Crippen molar-refractivity contribution in [2.75, 3.05) is 0 Å². The van der Waals surface area contributed by atoms with Crippen LogP contribution in [0.2, 0.25) is 0 Å². The van der Waals surface area contributed by atoms with Crippen molar-refractivity contribution in [2.24, 2.45) is 0 Å². The fourth-order valence-electron chi connectivity index (χ4n) is 2.78. The van der Waals surface area contributed by atoms with Crippen molar-refractivity contribution in [3.8, 4) is 17.3 Å². The fourth-order valence-corrected chi connectivity index (χ4v) is 2.78. The van der Waals surface area contributed by atoms with Crippen molar-refractivity contribution in [1.29, 1.82) is 5.26 Å². The molecule has 1 N–H and O–H groups in total. The summed E-state index contributed by atoms with van der Waals surface area (Å²) in [7, 11) is 0. The highest BCUT2D eigenvalue weighted by atomic mass is 16.1. The molecule has 0 spiro atoms. The Bertz CT molecular complexity index is 711. The molecule has 0 aliphatic heterocycles. The number of nitriles is 1. The van der Waals surface area contributed by atoms with Crippen molar-refractivity contribution >= 4 is 0 Å². The molecule has 1 aromatic heterocycles. The first kappa shape index (κ1) is 17.0. The molecule has 23 heavy (non-hydrogen) atoms. The van der Waals surface area contributed by atoms with E-state index in [0.717, 1.165) is 30.4 Å². The predicted molar refractivity (Wildman–Crippen MR) is 94.3 cm³/mol. The summed E-state index contributed by atoms with van der Waals surface area (Å²) in [5.74, 6) is 0. The first-order valence-electron chi connectivity index (χ1n) is 8.48. The van der Waals surface area contributed by atoms with Gasteiger partial charge in [0.05, 0.1) is 11.3 Å². The topological polar surface area (TPSA) is 56.6 Å². The summed E-state index contributed by atoms with van der Waals surface area (Å²) in [6, 6.07) is 13.5. The largest absolute Gasteiger partial charge is 0.321 e. The lowest BCUT2D eigenvalue weighted by atomic mass is 10.0. The molecule has 2 aromatic rings. The van der Waals surface area contributed by atoms with E-state index in [9.17, 15) is 10.1 Å². The molecule has 1 aromatic carbocycles. The maximum absolute atomic E-state index is 12.3. The highest BCUT2D eigenvalue weighted by Gasteiger charge is 2.10. The van der Waals surface area contributed by atoms with Gasteiger partial charge in [0, 0.05) is 5.56 Å². The van der Waals surface area contributed by atoms with Gasteiger partial charge in [0.25, 0.3) is 5.56 Å². The van der Waals surface area contributed by atoms with Crippen LogP contribution in [0.1, 0.15) is 56.6 Å². The monoisotopic (exact) mass is 308 g/mol. The Hall–Kier alpha value is -2.34. The quantitative estimate of drug-likeness (QED) is 0.711. The molecule has 0 unspecified atom stereocenters. The second kappa shape index (κ2) is 8.95. The van der Waals surface area contributed by atoms with Crippen LogP contribution < -0.4 is 5.56 Å². The molecule has 0 atom stereocenters. The third kappa shape index (κ3) is 4.82. The van der Waals surface area contributed by atoms with Gasteiger partial charge in [-0.05, 0) is 24.5 Å². The average molecular weight is 308 g/mol. The highest BCUT2D eigenvalue weighted by Crippen LogP contribution is 2.20. The number of pyridine rings is 1. The number of hydrogen-bond donors (Lipinski definition) is 1. The summed E-state index contributed by atoms with van der Waals surface area (Å²) >= 11 is 0. The first-order valence-corrected chi connectivity index (χ1v) is 8.48. The average Bonchev–Trinajstić information content (AvgIpc) is 2.59. The van der Waals surface area contributed by atoms with E-state index in [-0.39, 0.29) is 5.56 Å². The van der Waals surface area contributed by atoms with Gasteiger partial charge in [-0.3, -0.25) is 4.79 Å². The molecular weight excluding hydrogens is 284 g/mol. The molecule has 0 saturated heterocycles. The molecule has 3 nitrogen and oxygen atoms in total. The zero-order valence-corrected chi connectivity index (χ0v) is 13.8. The minimum absolute atomic E-state index is 0.0728. The zero-order valence-electron chi connectivity index (χ0n) is 13.8. The maximum Gasteiger partial charge on any atom is 0.251 e. The van der Waals surface area contributed by atoms with Crippen LogP contribution in [0, 0.1) is 11.3 Å². The van der Waals surface area contributed by atoms with Crippen molar-refractivity contribution in [3.05, 3.63) is 57.9 Å². The van der Waals surface area contributed by atoms with E-state index in [0.29, 0.717) is 11.3 Å². The van der Waals surface area contributed by atoms with Crippen LogP contribution in [-0.2, 0) is 6.42 Å². The number of unbranched alkanes of at least 4 members (excludes halogenated alkanes) is 5. The molecule has 0 saturated carbocycles. The minimum Gasteiger partial charge on any atom is -0.321 e. The highest BCUT2D eigenvalue weighted by molar-refractivity contribution is 5.66. The van der Waals surface area contributed by atoms with Gasteiger partial charge >= 0.3 is 0 Å². The van der Waals surface area contributed by atoms with Crippen LogP contribution >= 0.6 is 0 Å². The standard InChI is InChI=1S/C20H24N2O/c1-2-3-4-5-6-8-13-17-14-18(15-21)19(22-20(17)23)16-11-9-7-10-12-16/h7,9-12,14H,2-6,8,13H2,1H3,(H,22,23). The fraction of sp³-hybridized carbons (Fsp3) is 0.400. The van der Waals surface area contributed by atoms with E-state index >= 15 is 0 Å². The van der Waals surface area contributed by atoms with E-state index in [4.69, 9.17) is 0 Å². The second-order valence-electron chi connectivity index (χ2n) is 5.91. The molecule has 0 amide bonds. The number of nitrogens with zero attached hydrogens (tertiary/aromatic N) is 1. The summed E-state index contributed by atoms with van der Waals surface area (Å²) in [6.45, 7) is 2.21. The van der Waals surface area contributed by atoms with Gasteiger partial charge in [0.2, 0.25) is 0 Å². The second-order valence-corrected chi connectivity index (χ2v) is 5.91. The number of H-pyrrole nitrogens is 1. The molecule has 0 bridgehead atoms. The van der Waals surface area contributed by atoms with Gasteiger partial charge in [0.1, 0.15) is 6.07 Å². The summed E-state index contributed by atoms with van der Waals surface area (Å²) < 4.78 is 0. The number of aromatic amines is 1. The molecule has 0 aliphatic rings. The third-order valence-corrected chi connectivity index (χ3v) is 4.10. The van der Waals surface area contributed by atoms with Crippen LogP contribution in [0.5, 0.6) is 0 Å². The summed E-state index contributed by atoms with van der Waals surface area (Å²) in [4.78, 5) is 15.2. The number of aromatic nitrogens is 1. The SMILES string of the molecule is CCCCCCCCc1cc(C#N)c(-c2ccccc2)[nH]c1=O.